The van der Waals surface area contributed by atoms with Crippen LogP contribution in [0.5, 0.6) is 0 Å². The molecule has 0 bridgehead atoms. The molecule has 0 fully saturated rings. The highest BCUT2D eigenvalue weighted by Crippen LogP contribution is 1.88. The summed E-state index contributed by atoms with van der Waals surface area (Å²) in [5.74, 6) is -0.749. The van der Waals surface area contributed by atoms with Crippen LogP contribution in [-0.4, -0.2) is 59.1 Å². The van der Waals surface area contributed by atoms with Gasteiger partial charge in [-0.1, -0.05) is 5.92 Å². The molecule has 0 heterocycles. The van der Waals surface area contributed by atoms with Crippen molar-refractivity contribution in [2.24, 2.45) is 0 Å². The quantitative estimate of drug-likeness (QED) is 0.444. The van der Waals surface area contributed by atoms with E-state index in [1.54, 1.807) is 0 Å². The maximum atomic E-state index is 11.1. The zero-order chi connectivity index (χ0) is 12.6. The highest BCUT2D eigenvalue weighted by atomic mass is 16.4. The van der Waals surface area contributed by atoms with Crippen molar-refractivity contribution in [1.82, 2.24) is 10.2 Å². The van der Waals surface area contributed by atoms with Gasteiger partial charge in [0, 0.05) is 0 Å². The highest BCUT2D eigenvalue weighted by Gasteiger charge is 2.16. The van der Waals surface area contributed by atoms with E-state index >= 15 is 0 Å². The molecule has 0 atom stereocenters. The molecular formula is C9H12N2O5. The van der Waals surface area contributed by atoms with E-state index in [1.807, 2.05) is 0 Å². The van der Waals surface area contributed by atoms with E-state index in [9.17, 15) is 14.4 Å². The summed E-state index contributed by atoms with van der Waals surface area (Å²) in [4.78, 5) is 32.9. The molecule has 0 aliphatic rings. The molecule has 0 aliphatic carbocycles. The van der Waals surface area contributed by atoms with E-state index in [1.165, 1.54) is 0 Å². The van der Waals surface area contributed by atoms with Gasteiger partial charge in [0.15, 0.2) is 0 Å². The average Bonchev–Trinajstić information content (AvgIpc) is 2.12. The fourth-order valence-electron chi connectivity index (χ4n) is 0.959. The van der Waals surface area contributed by atoms with Gasteiger partial charge in [-0.25, -0.2) is 0 Å². The van der Waals surface area contributed by atoms with Crippen LogP contribution in [0.25, 0.3) is 0 Å². The number of hydrogen-bond acceptors (Lipinski definition) is 4. The normalized spacial score (nSPS) is 9.50. The Labute approximate surface area is 92.0 Å². The lowest BCUT2D eigenvalue weighted by molar-refractivity contribution is -0.142. The first-order valence-electron chi connectivity index (χ1n) is 4.31. The number of amides is 1. The van der Waals surface area contributed by atoms with E-state index in [0.717, 1.165) is 4.90 Å². The number of terminal acetylenes is 1. The van der Waals surface area contributed by atoms with Crippen molar-refractivity contribution in [1.29, 1.82) is 0 Å². The number of hydrogen-bond donors (Lipinski definition) is 3. The van der Waals surface area contributed by atoms with Crippen LogP contribution in [0.15, 0.2) is 0 Å². The van der Waals surface area contributed by atoms with E-state index in [-0.39, 0.29) is 13.1 Å². The molecule has 7 nitrogen and oxygen atoms in total. The van der Waals surface area contributed by atoms with Gasteiger partial charge in [-0.3, -0.25) is 19.3 Å². The SMILES string of the molecule is C#CCNC(=O)CN(CC(=O)O)CC(=O)O. The van der Waals surface area contributed by atoms with E-state index in [2.05, 4.69) is 11.2 Å². The number of aliphatic carboxylic acids is 2. The molecule has 3 N–H and O–H groups in total. The third-order valence-corrected chi connectivity index (χ3v) is 1.47. The van der Waals surface area contributed by atoms with Crippen molar-refractivity contribution in [3.05, 3.63) is 0 Å². The average molecular weight is 228 g/mol. The van der Waals surface area contributed by atoms with Crippen LogP contribution >= 0.6 is 0 Å². The van der Waals surface area contributed by atoms with Gasteiger partial charge >= 0.3 is 11.9 Å². The maximum absolute atomic E-state index is 11.1. The number of carboxylic acids is 2. The smallest absolute Gasteiger partial charge is 0.317 e. The topological polar surface area (TPSA) is 107 Å². The Bertz CT molecular complexity index is 304. The summed E-state index contributed by atoms with van der Waals surface area (Å²) in [7, 11) is 0. The summed E-state index contributed by atoms with van der Waals surface area (Å²) in [6, 6.07) is 0. The largest absolute Gasteiger partial charge is 0.480 e. The molecule has 0 aromatic heterocycles. The first-order chi connectivity index (χ1) is 7.45. The highest BCUT2D eigenvalue weighted by molar-refractivity contribution is 5.80. The summed E-state index contributed by atoms with van der Waals surface area (Å²) in [6.45, 7) is -1.33. The first kappa shape index (κ1) is 13.9. The van der Waals surface area contributed by atoms with Crippen molar-refractivity contribution in [2.75, 3.05) is 26.2 Å². The fourth-order valence-corrected chi connectivity index (χ4v) is 0.959. The minimum absolute atomic E-state index is 0.0207. The van der Waals surface area contributed by atoms with Crippen LogP contribution in [0, 0.1) is 12.3 Å². The molecular weight excluding hydrogens is 216 g/mol. The molecule has 0 aromatic rings. The Morgan fingerprint density at radius 3 is 2.00 bits per heavy atom. The van der Waals surface area contributed by atoms with Gasteiger partial charge in [0.05, 0.1) is 26.2 Å². The Morgan fingerprint density at radius 2 is 1.62 bits per heavy atom. The number of rotatable bonds is 7. The molecule has 0 aromatic carbocycles. The van der Waals surface area contributed by atoms with Crippen molar-refractivity contribution < 1.29 is 24.6 Å². The monoisotopic (exact) mass is 228 g/mol. The first-order valence-corrected chi connectivity index (χ1v) is 4.31. The third kappa shape index (κ3) is 7.34. The van der Waals surface area contributed by atoms with E-state index < -0.39 is 30.9 Å². The van der Waals surface area contributed by atoms with Crippen LogP contribution in [0.3, 0.4) is 0 Å². The molecule has 0 rings (SSSR count). The van der Waals surface area contributed by atoms with Crippen molar-refractivity contribution in [2.45, 2.75) is 0 Å². The van der Waals surface area contributed by atoms with Gasteiger partial charge in [0.25, 0.3) is 0 Å². The molecule has 16 heavy (non-hydrogen) atoms. The second kappa shape index (κ2) is 7.25. The molecule has 0 saturated carbocycles. The van der Waals surface area contributed by atoms with Crippen molar-refractivity contribution >= 4 is 17.8 Å². The number of nitrogens with zero attached hydrogens (tertiary/aromatic N) is 1. The molecule has 0 unspecified atom stereocenters. The Morgan fingerprint density at radius 1 is 1.12 bits per heavy atom. The summed E-state index contributed by atoms with van der Waals surface area (Å²) in [5, 5.41) is 19.3. The van der Waals surface area contributed by atoms with Crippen LogP contribution in [-0.2, 0) is 14.4 Å². The lowest BCUT2D eigenvalue weighted by Gasteiger charge is -2.16. The number of carbonyl (C=O) groups is 3. The van der Waals surface area contributed by atoms with E-state index in [0.29, 0.717) is 0 Å². The van der Waals surface area contributed by atoms with Gasteiger partial charge < -0.3 is 15.5 Å². The molecule has 88 valence electrons. The number of nitrogens with one attached hydrogen (secondary N) is 1. The molecule has 7 heteroatoms. The fraction of sp³-hybridized carbons (Fsp3) is 0.444. The van der Waals surface area contributed by atoms with Crippen LogP contribution in [0.4, 0.5) is 0 Å². The van der Waals surface area contributed by atoms with Gasteiger partial charge in [-0.05, 0) is 0 Å². The minimum Gasteiger partial charge on any atom is -0.480 e. The summed E-state index contributed by atoms with van der Waals surface area (Å²) >= 11 is 0. The lowest BCUT2D eigenvalue weighted by Crippen LogP contribution is -2.42. The van der Waals surface area contributed by atoms with Gasteiger partial charge in [0.2, 0.25) is 5.91 Å². The zero-order valence-electron chi connectivity index (χ0n) is 8.47. The minimum atomic E-state index is -1.20. The van der Waals surface area contributed by atoms with Gasteiger partial charge in [-0.15, -0.1) is 6.42 Å². The molecule has 0 spiro atoms. The summed E-state index contributed by atoms with van der Waals surface area (Å²) in [5.41, 5.74) is 0. The lowest BCUT2D eigenvalue weighted by atomic mass is 10.4. The second-order valence-electron chi connectivity index (χ2n) is 2.91. The zero-order valence-corrected chi connectivity index (χ0v) is 8.47. The van der Waals surface area contributed by atoms with Gasteiger partial charge in [-0.2, -0.15) is 0 Å². The van der Waals surface area contributed by atoms with Crippen molar-refractivity contribution in [3.63, 3.8) is 0 Å². The maximum Gasteiger partial charge on any atom is 0.317 e. The van der Waals surface area contributed by atoms with Crippen LogP contribution in [0.1, 0.15) is 0 Å². The molecule has 0 radical (unpaired) electrons. The van der Waals surface area contributed by atoms with Gasteiger partial charge in [0.1, 0.15) is 0 Å². The number of carbonyl (C=O) groups excluding carboxylic acids is 1. The summed E-state index contributed by atoms with van der Waals surface area (Å²) in [6.07, 6.45) is 4.90. The van der Waals surface area contributed by atoms with Crippen LogP contribution < -0.4 is 5.32 Å². The molecule has 1 amide bonds. The standard InChI is InChI=1S/C9H12N2O5/c1-2-3-10-7(12)4-11(5-8(13)14)6-9(15)16/h1H,3-6H2,(H,10,12)(H,13,14)(H,15,16). The van der Waals surface area contributed by atoms with E-state index in [4.69, 9.17) is 16.6 Å². The van der Waals surface area contributed by atoms with Crippen LogP contribution in [0.2, 0.25) is 0 Å². The third-order valence-electron chi connectivity index (χ3n) is 1.47. The molecule has 0 saturated heterocycles. The predicted octanol–water partition coefficient (Wildman–Crippen LogP) is -1.79. The Kier molecular flexibility index (Phi) is 6.31. The molecule has 0 aliphatic heterocycles. The van der Waals surface area contributed by atoms with Crippen molar-refractivity contribution in [3.8, 4) is 12.3 Å². The Hall–Kier alpha value is -2.07. The summed E-state index contributed by atoms with van der Waals surface area (Å²) < 4.78 is 0. The Balaban J connectivity index is 4.19. The number of carboxylic acid groups (broad SMARTS) is 2. The second-order valence-corrected chi connectivity index (χ2v) is 2.91. The predicted molar refractivity (Wildman–Crippen MR) is 53.6 cm³/mol.